The van der Waals surface area contributed by atoms with E-state index in [0.29, 0.717) is 32.4 Å². The van der Waals surface area contributed by atoms with E-state index in [2.05, 4.69) is 10.6 Å². The number of nitrogens with zero attached hydrogens (tertiary/aromatic N) is 1. The van der Waals surface area contributed by atoms with Gasteiger partial charge in [-0.1, -0.05) is 36.4 Å². The minimum Gasteiger partial charge on any atom is -0.457 e. The summed E-state index contributed by atoms with van der Waals surface area (Å²) in [6.45, 7) is 6.72. The highest BCUT2D eigenvalue weighted by Crippen LogP contribution is 2.50. The molecule has 0 bridgehead atoms. The van der Waals surface area contributed by atoms with Crippen LogP contribution in [0.25, 0.3) is 0 Å². The van der Waals surface area contributed by atoms with Crippen molar-refractivity contribution in [3.05, 3.63) is 59.7 Å². The van der Waals surface area contributed by atoms with E-state index in [-0.39, 0.29) is 25.6 Å². The van der Waals surface area contributed by atoms with Crippen LogP contribution in [0.4, 0.5) is 4.79 Å². The first kappa shape index (κ1) is 33.3. The van der Waals surface area contributed by atoms with E-state index in [1.54, 1.807) is 27.9 Å². The number of benzene rings is 2. The fraction of sp³-hybridized carbons (Fsp3) is 0.559. The Labute approximate surface area is 260 Å². The molecule has 0 saturated carbocycles. The molecule has 3 N–H and O–H groups in total. The number of fused-ring (bicyclic) bond motifs is 2. The molecular weight excluding hydrogens is 562 g/mol. The Kier molecular flexibility index (Phi) is 11.3. The Hall–Kier alpha value is -3.63. The maximum absolute atomic E-state index is 14.3. The number of amides is 3. The van der Waals surface area contributed by atoms with Crippen LogP contribution in [0.1, 0.15) is 70.4 Å². The van der Waals surface area contributed by atoms with E-state index in [4.69, 9.17) is 14.2 Å². The van der Waals surface area contributed by atoms with E-state index < -0.39 is 35.0 Å². The van der Waals surface area contributed by atoms with Crippen LogP contribution in [0, 0.1) is 5.92 Å². The van der Waals surface area contributed by atoms with Crippen molar-refractivity contribution in [3.8, 4) is 11.5 Å². The Morgan fingerprint density at radius 1 is 0.977 bits per heavy atom. The highest BCUT2D eigenvalue weighted by molar-refractivity contribution is 5.93. The van der Waals surface area contributed by atoms with Gasteiger partial charge in [0.25, 0.3) is 0 Å². The molecule has 1 fully saturated rings. The Balaban J connectivity index is 1.68. The van der Waals surface area contributed by atoms with Crippen LogP contribution >= 0.6 is 0 Å². The van der Waals surface area contributed by atoms with Crippen molar-refractivity contribution < 1.29 is 33.7 Å². The minimum atomic E-state index is -1.05. The largest absolute Gasteiger partial charge is 0.457 e. The Bertz CT molecular complexity index is 1250. The zero-order chi connectivity index (χ0) is 31.7. The summed E-state index contributed by atoms with van der Waals surface area (Å²) in [6.07, 6.45) is 3.20. The zero-order valence-corrected chi connectivity index (χ0v) is 26.4. The van der Waals surface area contributed by atoms with Gasteiger partial charge in [-0.25, -0.2) is 4.79 Å². The topological polar surface area (TPSA) is 126 Å². The van der Waals surface area contributed by atoms with Crippen molar-refractivity contribution in [2.24, 2.45) is 5.92 Å². The van der Waals surface area contributed by atoms with E-state index in [1.165, 1.54) is 4.90 Å². The van der Waals surface area contributed by atoms with Gasteiger partial charge in [-0.05, 0) is 71.4 Å². The molecule has 0 radical (unpaired) electrons. The van der Waals surface area contributed by atoms with Crippen LogP contribution in [-0.2, 0) is 24.5 Å². The molecule has 1 saturated heterocycles. The van der Waals surface area contributed by atoms with E-state index >= 15 is 0 Å². The molecule has 0 spiro atoms. The molecule has 10 nitrogen and oxygen atoms in total. The molecule has 2 atom stereocenters. The molecule has 2 aromatic carbocycles. The molecule has 2 aliphatic rings. The summed E-state index contributed by atoms with van der Waals surface area (Å²) in [6, 6.07) is 14.7. The first-order valence-corrected chi connectivity index (χ1v) is 15.6. The fourth-order valence-corrected chi connectivity index (χ4v) is 6.27. The molecular formula is C34H47N3O7. The lowest BCUT2D eigenvalue weighted by molar-refractivity contribution is -0.138. The normalized spacial score (nSPS) is 18.8. The van der Waals surface area contributed by atoms with Gasteiger partial charge in [0.15, 0.2) is 0 Å². The van der Waals surface area contributed by atoms with Gasteiger partial charge in [-0.2, -0.15) is 0 Å². The van der Waals surface area contributed by atoms with Crippen LogP contribution in [0.15, 0.2) is 48.5 Å². The summed E-state index contributed by atoms with van der Waals surface area (Å²) in [7, 11) is 1.69. The first-order valence-electron chi connectivity index (χ1n) is 15.6. The summed E-state index contributed by atoms with van der Waals surface area (Å²) in [5.74, 6) is -0.0110. The predicted octanol–water partition coefficient (Wildman–Crippen LogP) is 4.53. The number of nitrogens with one attached hydrogen (secondary N) is 2. The third-order valence-electron chi connectivity index (χ3n) is 8.29. The number of unbranched alkanes of at least 4 members (excludes halogenated alkanes) is 1. The number of carbonyl (C=O) groups is 3. The number of methoxy groups -OCH3 is 1. The summed E-state index contributed by atoms with van der Waals surface area (Å²) in [5.41, 5.74) is 0.569. The smallest absolute Gasteiger partial charge is 0.410 e. The van der Waals surface area contributed by atoms with Crippen LogP contribution in [0.3, 0.4) is 0 Å². The first-order chi connectivity index (χ1) is 21.1. The molecule has 1 unspecified atom stereocenters. The SMILES string of the molecule is COCCCCC1(CNC(=O)C2[C@H](C(=O)NCCCO)CCCN2C(=O)OC(C)(C)C)c2ccccc2Oc2ccccc21. The maximum Gasteiger partial charge on any atom is 0.410 e. The third-order valence-corrected chi connectivity index (χ3v) is 8.29. The van der Waals surface area contributed by atoms with Crippen molar-refractivity contribution in [1.29, 1.82) is 0 Å². The van der Waals surface area contributed by atoms with Crippen molar-refractivity contribution in [2.75, 3.05) is 40.0 Å². The zero-order valence-electron chi connectivity index (χ0n) is 26.4. The van der Waals surface area contributed by atoms with Crippen LogP contribution in [-0.4, -0.2) is 79.5 Å². The highest BCUT2D eigenvalue weighted by Gasteiger charge is 2.46. The van der Waals surface area contributed by atoms with Crippen LogP contribution < -0.4 is 15.4 Å². The highest BCUT2D eigenvalue weighted by atomic mass is 16.6. The van der Waals surface area contributed by atoms with Crippen LogP contribution in [0.5, 0.6) is 11.5 Å². The second kappa shape index (κ2) is 14.9. The number of hydrogen-bond donors (Lipinski definition) is 3. The van der Waals surface area contributed by atoms with E-state index in [9.17, 15) is 19.5 Å². The number of carbonyl (C=O) groups excluding carboxylic acids is 3. The molecule has 2 heterocycles. The number of ether oxygens (including phenoxy) is 3. The second-order valence-corrected chi connectivity index (χ2v) is 12.6. The van der Waals surface area contributed by atoms with Crippen LogP contribution in [0.2, 0.25) is 0 Å². The monoisotopic (exact) mass is 609 g/mol. The van der Waals surface area contributed by atoms with E-state index in [1.807, 2.05) is 48.5 Å². The Morgan fingerprint density at radius 3 is 2.25 bits per heavy atom. The molecule has 240 valence electrons. The van der Waals surface area contributed by atoms with Gasteiger partial charge in [-0.3, -0.25) is 14.5 Å². The summed E-state index contributed by atoms with van der Waals surface area (Å²) < 4.78 is 17.3. The average molecular weight is 610 g/mol. The number of aliphatic hydroxyl groups excluding tert-OH is 1. The van der Waals surface area contributed by atoms with Crippen molar-refractivity contribution in [2.45, 2.75) is 76.4 Å². The molecule has 0 aliphatic carbocycles. The minimum absolute atomic E-state index is 0.0575. The number of para-hydroxylation sites is 2. The lowest BCUT2D eigenvalue weighted by atomic mass is 9.69. The number of aliphatic hydroxyl groups is 1. The van der Waals surface area contributed by atoms with E-state index in [0.717, 1.165) is 41.9 Å². The molecule has 10 heteroatoms. The van der Waals surface area contributed by atoms with Crippen molar-refractivity contribution in [1.82, 2.24) is 15.5 Å². The Morgan fingerprint density at radius 2 is 1.64 bits per heavy atom. The molecule has 2 aliphatic heterocycles. The number of rotatable bonds is 12. The van der Waals surface area contributed by atoms with Gasteiger partial charge in [0.05, 0.1) is 5.92 Å². The predicted molar refractivity (Wildman–Crippen MR) is 167 cm³/mol. The summed E-state index contributed by atoms with van der Waals surface area (Å²) in [4.78, 5) is 42.4. The quantitative estimate of drug-likeness (QED) is 0.302. The second-order valence-electron chi connectivity index (χ2n) is 12.6. The van der Waals surface area contributed by atoms with Crippen molar-refractivity contribution in [3.63, 3.8) is 0 Å². The van der Waals surface area contributed by atoms with Gasteiger partial charge in [0.2, 0.25) is 11.8 Å². The van der Waals surface area contributed by atoms with Gasteiger partial charge < -0.3 is 30.0 Å². The lowest BCUT2D eigenvalue weighted by Gasteiger charge is -2.43. The average Bonchev–Trinajstić information content (AvgIpc) is 3.00. The fourth-order valence-electron chi connectivity index (χ4n) is 6.27. The van der Waals surface area contributed by atoms with Gasteiger partial charge in [-0.15, -0.1) is 0 Å². The number of hydrogen-bond acceptors (Lipinski definition) is 7. The molecule has 44 heavy (non-hydrogen) atoms. The van der Waals surface area contributed by atoms with Gasteiger partial charge in [0, 0.05) is 56.5 Å². The lowest BCUT2D eigenvalue weighted by Crippen LogP contribution is -2.60. The number of likely N-dealkylation sites (tertiary alicyclic amines) is 1. The summed E-state index contributed by atoms with van der Waals surface area (Å²) in [5, 5.41) is 15.2. The molecule has 3 amide bonds. The maximum atomic E-state index is 14.3. The third kappa shape index (κ3) is 7.71. The molecule has 4 rings (SSSR count). The van der Waals surface area contributed by atoms with Gasteiger partial charge >= 0.3 is 6.09 Å². The van der Waals surface area contributed by atoms with Crippen molar-refractivity contribution >= 4 is 17.9 Å². The molecule has 2 aromatic rings. The summed E-state index contributed by atoms with van der Waals surface area (Å²) >= 11 is 0. The molecule has 0 aromatic heterocycles. The van der Waals surface area contributed by atoms with Gasteiger partial charge in [0.1, 0.15) is 23.1 Å². The number of piperidine rings is 1. The standard InChI is InChI=1S/C34H47N3O7/c1-33(2,3)44-32(41)37-20-11-13-24(30(39)35-19-12-21-38)29(37)31(40)36-23-34(18-9-10-22-42-4)25-14-5-7-16-27(25)43-28-17-8-6-15-26(28)34/h5-8,14-17,24,29,38H,9-13,18-23H2,1-4H3,(H,35,39)(H,36,40)/t24-,29?/m1/s1.